The van der Waals surface area contributed by atoms with Gasteiger partial charge in [-0.15, -0.1) is 6.58 Å². The van der Waals surface area contributed by atoms with Gasteiger partial charge in [0.15, 0.2) is 0 Å². The molecule has 51 valence electrons. The van der Waals surface area contributed by atoms with Crippen molar-refractivity contribution in [2.45, 2.75) is 0 Å². The molecule has 0 aliphatic heterocycles. The molecule has 0 bridgehead atoms. The van der Waals surface area contributed by atoms with Crippen LogP contribution in [0.2, 0.25) is 0 Å². The van der Waals surface area contributed by atoms with Gasteiger partial charge in [0.25, 0.3) is 0 Å². The van der Waals surface area contributed by atoms with Crippen LogP contribution in [0.15, 0.2) is 24.9 Å². The lowest BCUT2D eigenvalue weighted by Gasteiger charge is -1.96. The predicted molar refractivity (Wildman–Crippen MR) is 39.6 cm³/mol. The first-order valence-electron chi connectivity index (χ1n) is 2.97. The van der Waals surface area contributed by atoms with Gasteiger partial charge in [-0.1, -0.05) is 6.08 Å². The lowest BCUT2D eigenvalue weighted by molar-refractivity contribution is 1.11. The van der Waals surface area contributed by atoms with Crippen LogP contribution in [0.1, 0.15) is 0 Å². The van der Waals surface area contributed by atoms with E-state index in [1.807, 2.05) is 0 Å². The summed E-state index contributed by atoms with van der Waals surface area (Å²) in [6, 6.07) is 1.65. The largest absolute Gasteiger partial charge is 0.351 e. The second kappa shape index (κ2) is 3.61. The van der Waals surface area contributed by atoms with E-state index in [0.29, 0.717) is 12.5 Å². The molecule has 0 unspecified atom stereocenters. The molecule has 0 aliphatic rings. The number of aromatic nitrogens is 2. The van der Waals surface area contributed by atoms with Crippen LogP contribution in [0.25, 0.3) is 0 Å². The van der Waals surface area contributed by atoms with Gasteiger partial charge in [0, 0.05) is 12.7 Å². The Hall–Kier alpha value is -1.38. The highest BCUT2D eigenvalue weighted by molar-refractivity contribution is 5.22. The SMILES string of the molecule is C=CCNc1n[c]ccn1. The highest BCUT2D eigenvalue weighted by Crippen LogP contribution is 1.90. The molecule has 1 rings (SSSR count). The molecular formula is C7H8N3. The van der Waals surface area contributed by atoms with Gasteiger partial charge in [0.1, 0.15) is 0 Å². The van der Waals surface area contributed by atoms with Gasteiger partial charge in [-0.05, 0) is 6.07 Å². The van der Waals surface area contributed by atoms with Crippen LogP contribution in [-0.4, -0.2) is 16.5 Å². The van der Waals surface area contributed by atoms with Gasteiger partial charge in [-0.3, -0.25) is 0 Å². The molecule has 0 saturated heterocycles. The van der Waals surface area contributed by atoms with Crippen molar-refractivity contribution in [1.29, 1.82) is 0 Å². The molecule has 3 nitrogen and oxygen atoms in total. The highest BCUT2D eigenvalue weighted by atomic mass is 15.1. The summed E-state index contributed by atoms with van der Waals surface area (Å²) in [4.78, 5) is 7.74. The Kier molecular flexibility index (Phi) is 2.43. The van der Waals surface area contributed by atoms with Crippen molar-refractivity contribution in [3.8, 4) is 0 Å². The van der Waals surface area contributed by atoms with E-state index in [0.717, 1.165) is 0 Å². The van der Waals surface area contributed by atoms with E-state index in [1.54, 1.807) is 18.3 Å². The van der Waals surface area contributed by atoms with Crippen molar-refractivity contribution in [2.75, 3.05) is 11.9 Å². The number of hydrogen-bond acceptors (Lipinski definition) is 3. The maximum Gasteiger partial charge on any atom is 0.223 e. The Morgan fingerprint density at radius 2 is 2.70 bits per heavy atom. The summed E-state index contributed by atoms with van der Waals surface area (Å²) in [6.07, 6.45) is 6.04. The van der Waals surface area contributed by atoms with Crippen molar-refractivity contribution in [2.24, 2.45) is 0 Å². The third-order valence-corrected chi connectivity index (χ3v) is 0.921. The van der Waals surface area contributed by atoms with E-state index in [1.165, 1.54) is 0 Å². The monoisotopic (exact) mass is 134 g/mol. The van der Waals surface area contributed by atoms with E-state index in [2.05, 4.69) is 28.1 Å². The molecule has 3 heteroatoms. The van der Waals surface area contributed by atoms with E-state index in [4.69, 9.17) is 0 Å². The first-order chi connectivity index (χ1) is 4.93. The van der Waals surface area contributed by atoms with Gasteiger partial charge in [0.05, 0.1) is 6.20 Å². The lowest BCUT2D eigenvalue weighted by atomic mass is 10.6. The molecule has 1 N–H and O–H groups in total. The molecule has 10 heavy (non-hydrogen) atoms. The van der Waals surface area contributed by atoms with Gasteiger partial charge >= 0.3 is 0 Å². The summed E-state index contributed by atoms with van der Waals surface area (Å²) < 4.78 is 0. The Morgan fingerprint density at radius 3 is 3.30 bits per heavy atom. The highest BCUT2D eigenvalue weighted by Gasteiger charge is 1.86. The van der Waals surface area contributed by atoms with E-state index in [-0.39, 0.29) is 0 Å². The molecule has 0 aromatic carbocycles. The quantitative estimate of drug-likeness (QED) is 0.623. The zero-order valence-electron chi connectivity index (χ0n) is 5.54. The maximum atomic E-state index is 3.92. The fourth-order valence-corrected chi connectivity index (χ4v) is 0.517. The topological polar surface area (TPSA) is 37.8 Å². The maximum absolute atomic E-state index is 3.92. The molecule has 1 aromatic heterocycles. The minimum atomic E-state index is 0.586. The zero-order valence-corrected chi connectivity index (χ0v) is 5.54. The van der Waals surface area contributed by atoms with Crippen molar-refractivity contribution in [1.82, 2.24) is 9.97 Å². The molecule has 0 spiro atoms. The lowest BCUT2D eigenvalue weighted by Crippen LogP contribution is -2.01. The third kappa shape index (κ3) is 1.85. The van der Waals surface area contributed by atoms with Crippen LogP contribution in [-0.2, 0) is 0 Å². The molecule has 0 atom stereocenters. The van der Waals surface area contributed by atoms with Crippen LogP contribution >= 0.6 is 0 Å². The molecule has 0 saturated carbocycles. The summed E-state index contributed by atoms with van der Waals surface area (Å²) in [5, 5.41) is 2.92. The van der Waals surface area contributed by atoms with Gasteiger partial charge < -0.3 is 5.32 Å². The van der Waals surface area contributed by atoms with Gasteiger partial charge in [-0.25, -0.2) is 9.97 Å². The molecule has 0 aliphatic carbocycles. The second-order valence-electron chi connectivity index (χ2n) is 1.68. The Morgan fingerprint density at radius 1 is 1.80 bits per heavy atom. The Bertz CT molecular complexity index is 195. The summed E-state index contributed by atoms with van der Waals surface area (Å²) in [7, 11) is 0. The minimum absolute atomic E-state index is 0.586. The smallest absolute Gasteiger partial charge is 0.223 e. The van der Waals surface area contributed by atoms with Crippen LogP contribution in [0, 0.1) is 6.20 Å². The summed E-state index contributed by atoms with van der Waals surface area (Å²) >= 11 is 0. The summed E-state index contributed by atoms with van der Waals surface area (Å²) in [6.45, 7) is 4.23. The molecule has 1 radical (unpaired) electrons. The normalized spacial score (nSPS) is 8.80. The van der Waals surface area contributed by atoms with Crippen LogP contribution in [0.3, 0.4) is 0 Å². The number of nitrogens with one attached hydrogen (secondary N) is 1. The molecule has 0 fully saturated rings. The second-order valence-corrected chi connectivity index (χ2v) is 1.68. The average molecular weight is 134 g/mol. The van der Waals surface area contributed by atoms with Crippen LogP contribution in [0.4, 0.5) is 5.95 Å². The first-order valence-corrected chi connectivity index (χ1v) is 2.97. The number of anilines is 1. The Labute approximate surface area is 59.8 Å². The Balaban J connectivity index is 2.50. The molecule has 0 amide bonds. The zero-order chi connectivity index (χ0) is 7.23. The van der Waals surface area contributed by atoms with Gasteiger partial charge in [0.2, 0.25) is 5.95 Å². The third-order valence-electron chi connectivity index (χ3n) is 0.921. The fourth-order valence-electron chi connectivity index (χ4n) is 0.517. The van der Waals surface area contributed by atoms with Crippen molar-refractivity contribution in [3.63, 3.8) is 0 Å². The van der Waals surface area contributed by atoms with Gasteiger partial charge in [-0.2, -0.15) is 0 Å². The van der Waals surface area contributed by atoms with Crippen LogP contribution < -0.4 is 5.32 Å². The summed E-state index contributed by atoms with van der Waals surface area (Å²) in [5.74, 6) is 0.586. The fraction of sp³-hybridized carbons (Fsp3) is 0.143. The van der Waals surface area contributed by atoms with E-state index < -0.39 is 0 Å². The van der Waals surface area contributed by atoms with Crippen molar-refractivity contribution >= 4 is 5.95 Å². The van der Waals surface area contributed by atoms with E-state index >= 15 is 0 Å². The standard InChI is InChI=1S/C7H8N3/c1-2-4-8-7-9-5-3-6-10-7/h2-3,5H,1,4H2,(H,8,9,10). The van der Waals surface area contributed by atoms with E-state index in [9.17, 15) is 0 Å². The number of rotatable bonds is 3. The molecule has 1 heterocycles. The average Bonchev–Trinajstić information content (AvgIpc) is 2.03. The number of hydrogen-bond donors (Lipinski definition) is 1. The summed E-state index contributed by atoms with van der Waals surface area (Å²) in [5.41, 5.74) is 0. The first kappa shape index (κ1) is 6.74. The van der Waals surface area contributed by atoms with Crippen molar-refractivity contribution < 1.29 is 0 Å². The number of nitrogens with zero attached hydrogens (tertiary/aromatic N) is 2. The molecular weight excluding hydrogens is 126 g/mol. The molecule has 1 aromatic rings. The minimum Gasteiger partial charge on any atom is -0.351 e. The predicted octanol–water partition coefficient (Wildman–Crippen LogP) is 0.875. The van der Waals surface area contributed by atoms with Crippen molar-refractivity contribution in [3.05, 3.63) is 31.1 Å². The van der Waals surface area contributed by atoms with Crippen LogP contribution in [0.5, 0.6) is 0 Å².